The van der Waals surface area contributed by atoms with Crippen molar-refractivity contribution >= 4 is 27.6 Å². The molecule has 0 aliphatic heterocycles. The molecule has 29 heavy (non-hydrogen) atoms. The Bertz CT molecular complexity index is 1110. The van der Waals surface area contributed by atoms with E-state index in [4.69, 9.17) is 9.15 Å². The first-order chi connectivity index (χ1) is 13.9. The SMILES string of the molecule is CCOC(=O)c1cn[nH]c1S(=O)(=O)Nc1ccccc1C(=O)NCc1ccco1. The third-order valence-electron chi connectivity index (χ3n) is 3.79. The van der Waals surface area contributed by atoms with Gasteiger partial charge in [-0.15, -0.1) is 0 Å². The van der Waals surface area contributed by atoms with Crippen molar-refractivity contribution < 1.29 is 27.2 Å². The van der Waals surface area contributed by atoms with Gasteiger partial charge in [-0.25, -0.2) is 4.79 Å². The van der Waals surface area contributed by atoms with Crippen LogP contribution in [0, 0.1) is 0 Å². The van der Waals surface area contributed by atoms with Crippen molar-refractivity contribution in [1.29, 1.82) is 0 Å². The van der Waals surface area contributed by atoms with E-state index in [1.807, 2.05) is 0 Å². The molecule has 0 atom stereocenters. The van der Waals surface area contributed by atoms with Gasteiger partial charge in [-0.05, 0) is 31.2 Å². The first kappa shape index (κ1) is 20.1. The van der Waals surface area contributed by atoms with Crippen molar-refractivity contribution in [3.63, 3.8) is 0 Å². The van der Waals surface area contributed by atoms with Gasteiger partial charge in [0.1, 0.15) is 11.3 Å². The number of aromatic amines is 1. The molecule has 0 unspecified atom stereocenters. The zero-order valence-electron chi connectivity index (χ0n) is 15.3. The summed E-state index contributed by atoms with van der Waals surface area (Å²) in [5, 5.41) is 8.09. The van der Waals surface area contributed by atoms with E-state index < -0.39 is 26.9 Å². The number of amides is 1. The highest BCUT2D eigenvalue weighted by atomic mass is 32.2. The molecular weight excluding hydrogens is 400 g/mol. The van der Waals surface area contributed by atoms with Crippen molar-refractivity contribution in [1.82, 2.24) is 15.5 Å². The molecule has 0 spiro atoms. The van der Waals surface area contributed by atoms with Gasteiger partial charge in [-0.2, -0.15) is 13.5 Å². The highest BCUT2D eigenvalue weighted by Gasteiger charge is 2.27. The van der Waals surface area contributed by atoms with Crippen LogP contribution in [-0.2, 0) is 21.3 Å². The lowest BCUT2D eigenvalue weighted by molar-refractivity contribution is 0.0521. The van der Waals surface area contributed by atoms with E-state index >= 15 is 0 Å². The molecular formula is C18H18N4O6S. The quantitative estimate of drug-likeness (QED) is 0.474. The Morgan fingerprint density at radius 1 is 1.17 bits per heavy atom. The van der Waals surface area contributed by atoms with Gasteiger partial charge in [0.05, 0.1) is 36.9 Å². The van der Waals surface area contributed by atoms with E-state index in [0.717, 1.165) is 6.20 Å². The van der Waals surface area contributed by atoms with Crippen LogP contribution in [0.5, 0.6) is 0 Å². The van der Waals surface area contributed by atoms with Gasteiger partial charge in [0.2, 0.25) is 0 Å². The van der Waals surface area contributed by atoms with Crippen molar-refractivity contribution in [2.75, 3.05) is 11.3 Å². The average molecular weight is 418 g/mol. The first-order valence-corrected chi connectivity index (χ1v) is 10.0. The van der Waals surface area contributed by atoms with Gasteiger partial charge in [0.15, 0.2) is 5.03 Å². The lowest BCUT2D eigenvalue weighted by atomic mass is 10.1. The van der Waals surface area contributed by atoms with E-state index in [-0.39, 0.29) is 30.0 Å². The molecule has 2 heterocycles. The first-order valence-electron chi connectivity index (χ1n) is 8.55. The highest BCUT2D eigenvalue weighted by molar-refractivity contribution is 7.92. The second-order valence-electron chi connectivity index (χ2n) is 5.75. The Kier molecular flexibility index (Phi) is 5.98. The zero-order valence-corrected chi connectivity index (χ0v) is 16.2. The summed E-state index contributed by atoms with van der Waals surface area (Å²) >= 11 is 0. The van der Waals surface area contributed by atoms with Crippen LogP contribution in [0.2, 0.25) is 0 Å². The number of rotatable bonds is 8. The summed E-state index contributed by atoms with van der Waals surface area (Å²) in [5.41, 5.74) is -0.104. The minimum Gasteiger partial charge on any atom is -0.467 e. The molecule has 3 rings (SSSR count). The second-order valence-corrected chi connectivity index (χ2v) is 7.37. The van der Waals surface area contributed by atoms with Crippen LogP contribution < -0.4 is 10.0 Å². The number of aromatic nitrogens is 2. The minimum atomic E-state index is -4.25. The summed E-state index contributed by atoms with van der Waals surface area (Å²) < 4.78 is 37.9. The van der Waals surface area contributed by atoms with Crippen LogP contribution in [0.4, 0.5) is 5.69 Å². The second kappa shape index (κ2) is 8.61. The van der Waals surface area contributed by atoms with E-state index in [1.54, 1.807) is 31.2 Å². The molecule has 3 N–H and O–H groups in total. The normalized spacial score (nSPS) is 11.1. The van der Waals surface area contributed by atoms with Crippen molar-refractivity contribution in [2.24, 2.45) is 0 Å². The molecule has 0 fully saturated rings. The molecule has 0 saturated heterocycles. The predicted molar refractivity (Wildman–Crippen MR) is 102 cm³/mol. The molecule has 0 aliphatic rings. The Morgan fingerprint density at radius 3 is 2.69 bits per heavy atom. The Hall–Kier alpha value is -3.60. The summed E-state index contributed by atoms with van der Waals surface area (Å²) in [6.45, 7) is 1.82. The molecule has 10 nitrogen and oxygen atoms in total. The molecule has 0 saturated carbocycles. The van der Waals surface area contributed by atoms with Gasteiger partial charge in [0, 0.05) is 0 Å². The van der Waals surface area contributed by atoms with Crippen LogP contribution >= 0.6 is 0 Å². The topological polar surface area (TPSA) is 143 Å². The van der Waals surface area contributed by atoms with Crippen LogP contribution in [0.25, 0.3) is 0 Å². The minimum absolute atomic E-state index is 0.0360. The monoisotopic (exact) mass is 418 g/mol. The van der Waals surface area contributed by atoms with Crippen LogP contribution in [-0.4, -0.2) is 37.1 Å². The number of nitrogens with zero attached hydrogens (tertiary/aromatic N) is 1. The number of carbonyl (C=O) groups excluding carboxylic acids is 2. The summed E-state index contributed by atoms with van der Waals surface area (Å²) in [6.07, 6.45) is 2.55. The van der Waals surface area contributed by atoms with Crippen molar-refractivity contribution in [2.45, 2.75) is 18.5 Å². The van der Waals surface area contributed by atoms with Gasteiger partial charge in [-0.1, -0.05) is 12.1 Å². The molecule has 2 aromatic heterocycles. The number of furan rings is 1. The number of anilines is 1. The van der Waals surface area contributed by atoms with Crippen LogP contribution in [0.1, 0.15) is 33.4 Å². The number of para-hydroxylation sites is 1. The van der Waals surface area contributed by atoms with E-state index in [2.05, 4.69) is 20.2 Å². The maximum Gasteiger partial charge on any atom is 0.342 e. The van der Waals surface area contributed by atoms with E-state index in [1.165, 1.54) is 18.4 Å². The summed E-state index contributed by atoms with van der Waals surface area (Å²) in [7, 11) is -4.25. The van der Waals surface area contributed by atoms with Gasteiger partial charge >= 0.3 is 5.97 Å². The fourth-order valence-corrected chi connectivity index (χ4v) is 3.64. The molecule has 0 bridgehead atoms. The average Bonchev–Trinajstić information content (AvgIpc) is 3.38. The lowest BCUT2D eigenvalue weighted by Gasteiger charge is -2.12. The maximum atomic E-state index is 12.8. The van der Waals surface area contributed by atoms with Gasteiger partial charge in [0.25, 0.3) is 15.9 Å². The summed E-state index contributed by atoms with van der Waals surface area (Å²) in [6, 6.07) is 9.45. The maximum absolute atomic E-state index is 12.8. The van der Waals surface area contributed by atoms with Crippen LogP contribution in [0.15, 0.2) is 58.3 Å². The van der Waals surface area contributed by atoms with Crippen LogP contribution in [0.3, 0.4) is 0 Å². The lowest BCUT2D eigenvalue weighted by Crippen LogP contribution is -2.25. The number of ether oxygens (including phenoxy) is 1. The number of hydrogen-bond donors (Lipinski definition) is 3. The summed E-state index contributed by atoms with van der Waals surface area (Å²) in [5.74, 6) is -0.783. The Balaban J connectivity index is 1.82. The number of nitrogens with one attached hydrogen (secondary N) is 3. The number of hydrogen-bond acceptors (Lipinski definition) is 7. The fraction of sp³-hybridized carbons (Fsp3) is 0.167. The molecule has 11 heteroatoms. The fourth-order valence-electron chi connectivity index (χ4n) is 2.48. The zero-order chi connectivity index (χ0) is 20.9. The Morgan fingerprint density at radius 2 is 1.97 bits per heavy atom. The molecule has 3 aromatic rings. The smallest absolute Gasteiger partial charge is 0.342 e. The predicted octanol–water partition coefficient (Wildman–Crippen LogP) is 1.91. The number of esters is 1. The third-order valence-corrected chi connectivity index (χ3v) is 5.13. The molecule has 1 aromatic carbocycles. The van der Waals surface area contributed by atoms with Crippen molar-refractivity contribution in [3.8, 4) is 0 Å². The van der Waals surface area contributed by atoms with Gasteiger partial charge in [-0.3, -0.25) is 14.6 Å². The largest absolute Gasteiger partial charge is 0.467 e. The summed E-state index contributed by atoms with van der Waals surface area (Å²) in [4.78, 5) is 24.5. The van der Waals surface area contributed by atoms with E-state index in [9.17, 15) is 18.0 Å². The van der Waals surface area contributed by atoms with Crippen molar-refractivity contribution in [3.05, 3.63) is 65.7 Å². The molecule has 0 radical (unpaired) electrons. The number of carbonyl (C=O) groups is 2. The molecule has 152 valence electrons. The van der Waals surface area contributed by atoms with E-state index in [0.29, 0.717) is 5.76 Å². The molecule has 1 amide bonds. The Labute approximate surface area is 166 Å². The number of benzene rings is 1. The standard InChI is InChI=1S/C18H18N4O6S/c1-2-27-18(24)14-11-20-21-17(14)29(25,26)22-15-8-4-3-7-13(15)16(23)19-10-12-6-5-9-28-12/h3-9,11,22H,2,10H2,1H3,(H,19,23)(H,20,21). The van der Waals surface area contributed by atoms with Gasteiger partial charge < -0.3 is 14.5 Å². The third kappa shape index (κ3) is 4.63. The number of H-pyrrole nitrogens is 1. The highest BCUT2D eigenvalue weighted by Crippen LogP contribution is 2.21. The molecule has 0 aliphatic carbocycles. The number of sulfonamides is 1.